The van der Waals surface area contributed by atoms with Crippen molar-refractivity contribution in [1.82, 2.24) is 0 Å². The maximum atomic E-state index is 15.2. The molecule has 4 rings (SSSR count). The van der Waals surface area contributed by atoms with Gasteiger partial charge in [-0.1, -0.05) is 67.9 Å². The van der Waals surface area contributed by atoms with E-state index in [1.807, 2.05) is 12.1 Å². The number of ether oxygens (including phenoxy) is 1. The largest absolute Gasteiger partial charge is 0.432 e. The molecule has 0 atom stereocenters. The van der Waals surface area contributed by atoms with Crippen LogP contribution in [0.3, 0.4) is 0 Å². The summed E-state index contributed by atoms with van der Waals surface area (Å²) in [6.45, 7) is -0.991. The molecule has 0 bridgehead atoms. The molecule has 0 unspecified atom stereocenters. The number of alkyl halides is 2. The van der Waals surface area contributed by atoms with Gasteiger partial charge in [-0.25, -0.2) is 8.78 Å². The molecule has 1 nitrogen and oxygen atoms in total. The van der Waals surface area contributed by atoms with Crippen molar-refractivity contribution in [3.63, 3.8) is 0 Å². The Hall–Kier alpha value is -3.34. The molecule has 4 aromatic carbocycles. The quantitative estimate of drug-likeness (QED) is 0.285. The van der Waals surface area contributed by atoms with Gasteiger partial charge in [0.2, 0.25) is 0 Å². The summed E-state index contributed by atoms with van der Waals surface area (Å²) in [6.07, 6.45) is 2.12. The first-order chi connectivity index (χ1) is 15.0. The van der Waals surface area contributed by atoms with E-state index in [1.165, 1.54) is 11.6 Å². The van der Waals surface area contributed by atoms with Gasteiger partial charge >= 0.3 is 6.61 Å². The minimum absolute atomic E-state index is 0.187. The first-order valence-corrected chi connectivity index (χ1v) is 10.0. The van der Waals surface area contributed by atoms with Gasteiger partial charge in [-0.2, -0.15) is 8.78 Å². The first kappa shape index (κ1) is 20.9. The monoisotopic (exact) mass is 424 g/mol. The van der Waals surface area contributed by atoms with Crippen molar-refractivity contribution in [2.24, 2.45) is 0 Å². The number of hydrogen-bond donors (Lipinski definition) is 0. The third-order valence-corrected chi connectivity index (χ3v) is 5.24. The molecule has 0 N–H and O–H groups in total. The Balaban J connectivity index is 1.68. The highest BCUT2D eigenvalue weighted by atomic mass is 19.3. The summed E-state index contributed by atoms with van der Waals surface area (Å²) in [7, 11) is 0. The molecule has 5 heteroatoms. The Morgan fingerprint density at radius 3 is 2.16 bits per heavy atom. The molecule has 0 fully saturated rings. The van der Waals surface area contributed by atoms with E-state index in [2.05, 4.69) is 35.9 Å². The van der Waals surface area contributed by atoms with Crippen LogP contribution in [0.4, 0.5) is 17.6 Å². The van der Waals surface area contributed by atoms with E-state index in [1.54, 1.807) is 18.2 Å². The van der Waals surface area contributed by atoms with Gasteiger partial charge < -0.3 is 4.74 Å². The maximum Gasteiger partial charge on any atom is 0.387 e. The lowest BCUT2D eigenvalue weighted by Gasteiger charge is -2.11. The molecule has 158 valence electrons. The van der Waals surface area contributed by atoms with Crippen LogP contribution in [-0.2, 0) is 6.42 Å². The van der Waals surface area contributed by atoms with Crippen molar-refractivity contribution < 1.29 is 22.3 Å². The lowest BCUT2D eigenvalue weighted by Crippen LogP contribution is -2.03. The smallest absolute Gasteiger partial charge is 0.387 e. The molecule has 4 aromatic rings. The first-order valence-electron chi connectivity index (χ1n) is 10.0. The van der Waals surface area contributed by atoms with Crippen molar-refractivity contribution in [1.29, 1.82) is 0 Å². The molecule has 0 radical (unpaired) electrons. The molecule has 0 heterocycles. The van der Waals surface area contributed by atoms with Crippen LogP contribution in [0.25, 0.3) is 33.0 Å². The molecule has 0 spiro atoms. The molecular weight excluding hydrogens is 404 g/mol. The van der Waals surface area contributed by atoms with Gasteiger partial charge in [0.1, 0.15) is 5.82 Å². The van der Waals surface area contributed by atoms with Crippen LogP contribution in [0.15, 0.2) is 72.8 Å². The number of halogens is 4. The van der Waals surface area contributed by atoms with Crippen LogP contribution < -0.4 is 4.74 Å². The fourth-order valence-corrected chi connectivity index (χ4v) is 3.71. The zero-order valence-corrected chi connectivity index (χ0v) is 16.8. The van der Waals surface area contributed by atoms with Gasteiger partial charge in [-0.3, -0.25) is 0 Å². The lowest BCUT2D eigenvalue weighted by atomic mass is 9.96. The average Bonchev–Trinajstić information content (AvgIpc) is 2.76. The lowest BCUT2D eigenvalue weighted by molar-refractivity contribution is -0.0521. The Bertz CT molecular complexity index is 1220. The minimum Gasteiger partial charge on any atom is -0.432 e. The Morgan fingerprint density at radius 2 is 1.48 bits per heavy atom. The topological polar surface area (TPSA) is 9.23 Å². The van der Waals surface area contributed by atoms with Crippen molar-refractivity contribution >= 4 is 10.8 Å². The van der Waals surface area contributed by atoms with Crippen LogP contribution in [-0.4, -0.2) is 6.61 Å². The second kappa shape index (κ2) is 8.80. The van der Waals surface area contributed by atoms with E-state index >= 15 is 4.39 Å². The standard InChI is InChI=1S/C26H20F4O/c1-2-3-16-4-6-17(7-5-16)18-8-11-21-19(14-18)9-12-22(25(21)28)20-10-13-24(23(27)15-20)31-26(29)30/h4-15,26H,2-3H2,1H3. The van der Waals surface area contributed by atoms with Gasteiger partial charge in [0.15, 0.2) is 11.6 Å². The average molecular weight is 424 g/mol. The molecule has 0 saturated carbocycles. The highest BCUT2D eigenvalue weighted by Gasteiger charge is 2.15. The fraction of sp³-hybridized carbons (Fsp3) is 0.154. The van der Waals surface area contributed by atoms with Crippen molar-refractivity contribution in [2.45, 2.75) is 26.4 Å². The van der Waals surface area contributed by atoms with Crippen LogP contribution in [0.5, 0.6) is 5.75 Å². The number of hydrogen-bond acceptors (Lipinski definition) is 1. The minimum atomic E-state index is -3.13. The zero-order chi connectivity index (χ0) is 22.0. The van der Waals surface area contributed by atoms with Gasteiger partial charge in [0.05, 0.1) is 0 Å². The molecule has 0 amide bonds. The SMILES string of the molecule is CCCc1ccc(-c2ccc3c(F)c(-c4ccc(OC(F)F)c(F)c4)ccc3c2)cc1. The summed E-state index contributed by atoms with van der Waals surface area (Å²) in [5.41, 5.74) is 3.73. The third-order valence-electron chi connectivity index (χ3n) is 5.24. The van der Waals surface area contributed by atoms with Crippen molar-refractivity contribution in [3.8, 4) is 28.0 Å². The Morgan fingerprint density at radius 1 is 0.774 bits per heavy atom. The molecule has 0 aromatic heterocycles. The van der Waals surface area contributed by atoms with Crippen molar-refractivity contribution in [3.05, 3.63) is 90.0 Å². The predicted molar refractivity (Wildman–Crippen MR) is 115 cm³/mol. The predicted octanol–water partition coefficient (Wildman–Crippen LogP) is 8.01. The Kier molecular flexibility index (Phi) is 5.94. The third kappa shape index (κ3) is 4.41. The number of benzene rings is 4. The highest BCUT2D eigenvalue weighted by molar-refractivity contribution is 5.91. The van der Waals surface area contributed by atoms with Crippen LogP contribution in [0, 0.1) is 11.6 Å². The van der Waals surface area contributed by atoms with Crippen LogP contribution >= 0.6 is 0 Å². The molecule has 0 aliphatic carbocycles. The van der Waals surface area contributed by atoms with E-state index in [4.69, 9.17) is 0 Å². The summed E-state index contributed by atoms with van der Waals surface area (Å²) in [5, 5.41) is 1.12. The van der Waals surface area contributed by atoms with Crippen LogP contribution in [0.1, 0.15) is 18.9 Å². The van der Waals surface area contributed by atoms with E-state index in [0.29, 0.717) is 5.39 Å². The zero-order valence-electron chi connectivity index (χ0n) is 16.8. The van der Waals surface area contributed by atoms with E-state index in [0.717, 1.165) is 41.5 Å². The van der Waals surface area contributed by atoms with E-state index in [-0.39, 0.29) is 11.1 Å². The summed E-state index contributed by atoms with van der Waals surface area (Å²) >= 11 is 0. The summed E-state index contributed by atoms with van der Waals surface area (Å²) in [4.78, 5) is 0. The second-order valence-electron chi connectivity index (χ2n) is 7.33. The molecule has 0 saturated heterocycles. The summed E-state index contributed by atoms with van der Waals surface area (Å²) in [5.74, 6) is -2.04. The highest BCUT2D eigenvalue weighted by Crippen LogP contribution is 2.33. The molecule has 0 aliphatic rings. The molecule has 0 aliphatic heterocycles. The normalized spacial score (nSPS) is 11.3. The van der Waals surface area contributed by atoms with Gasteiger partial charge in [-0.15, -0.1) is 0 Å². The Labute approximate surface area is 177 Å². The molecular formula is C26H20F4O. The molecule has 31 heavy (non-hydrogen) atoms. The number of fused-ring (bicyclic) bond motifs is 1. The van der Waals surface area contributed by atoms with Gasteiger partial charge in [-0.05, 0) is 52.3 Å². The summed E-state index contributed by atoms with van der Waals surface area (Å²) < 4.78 is 58.0. The van der Waals surface area contributed by atoms with Gasteiger partial charge in [0, 0.05) is 10.9 Å². The summed E-state index contributed by atoms with van der Waals surface area (Å²) in [6, 6.07) is 20.5. The maximum absolute atomic E-state index is 15.2. The van der Waals surface area contributed by atoms with E-state index in [9.17, 15) is 13.2 Å². The number of rotatable bonds is 6. The number of aryl methyl sites for hydroxylation is 1. The van der Waals surface area contributed by atoms with E-state index < -0.39 is 24.0 Å². The van der Waals surface area contributed by atoms with Crippen molar-refractivity contribution in [2.75, 3.05) is 0 Å². The fourth-order valence-electron chi connectivity index (χ4n) is 3.71. The van der Waals surface area contributed by atoms with Gasteiger partial charge in [0.25, 0.3) is 0 Å². The van der Waals surface area contributed by atoms with Crippen LogP contribution in [0.2, 0.25) is 0 Å². The second-order valence-corrected chi connectivity index (χ2v) is 7.33.